The number of nitrogens with zero attached hydrogens (tertiary/aromatic N) is 4. The van der Waals surface area contributed by atoms with Gasteiger partial charge in [-0.05, 0) is 49.9 Å². The lowest BCUT2D eigenvalue weighted by molar-refractivity contribution is 0.0735. The number of amides is 1. The van der Waals surface area contributed by atoms with E-state index in [2.05, 4.69) is 34.2 Å². The molecule has 0 bridgehead atoms. The lowest BCUT2D eigenvalue weighted by Gasteiger charge is -2.23. The van der Waals surface area contributed by atoms with Gasteiger partial charge in [0.2, 0.25) is 11.8 Å². The summed E-state index contributed by atoms with van der Waals surface area (Å²) in [5, 5.41) is 12.0. The molecule has 0 unspecified atom stereocenters. The Morgan fingerprint density at radius 1 is 1.24 bits per heavy atom. The van der Waals surface area contributed by atoms with E-state index in [0.717, 1.165) is 30.0 Å². The van der Waals surface area contributed by atoms with E-state index in [1.54, 1.807) is 29.5 Å². The maximum atomic E-state index is 13.5. The van der Waals surface area contributed by atoms with Crippen LogP contribution in [0.5, 0.6) is 0 Å². The van der Waals surface area contributed by atoms with Crippen molar-refractivity contribution >= 4 is 28.8 Å². The SMILES string of the molecule is Cc1csc([C@H]2CCCN2C(=O)c2cc(Cl)cc(-c3nnc([C@@H](C)Cc4ccccc4)o3)c2)n1. The Morgan fingerprint density at radius 2 is 2.06 bits per heavy atom. The molecule has 4 aromatic rings. The van der Waals surface area contributed by atoms with Crippen LogP contribution in [0.2, 0.25) is 5.02 Å². The molecule has 2 atom stereocenters. The third-order valence-corrected chi connectivity index (χ3v) is 7.36. The van der Waals surface area contributed by atoms with Gasteiger partial charge in [-0.25, -0.2) is 4.98 Å². The number of carbonyl (C=O) groups is 1. The average Bonchev–Trinajstić information content (AvgIpc) is 3.59. The van der Waals surface area contributed by atoms with Gasteiger partial charge in [0.1, 0.15) is 5.01 Å². The van der Waals surface area contributed by atoms with Gasteiger partial charge in [0, 0.05) is 39.7 Å². The second-order valence-corrected chi connectivity index (χ2v) is 10.1. The summed E-state index contributed by atoms with van der Waals surface area (Å²) in [6.07, 6.45) is 2.67. The molecule has 0 saturated carbocycles. The molecule has 34 heavy (non-hydrogen) atoms. The van der Waals surface area contributed by atoms with Gasteiger partial charge in [0.15, 0.2) is 0 Å². The number of hydrogen-bond acceptors (Lipinski definition) is 6. The molecule has 0 radical (unpaired) electrons. The Balaban J connectivity index is 1.37. The molecular formula is C26H25ClN4O2S. The quantitative estimate of drug-likeness (QED) is 0.308. The third kappa shape index (κ3) is 4.76. The Morgan fingerprint density at radius 3 is 2.82 bits per heavy atom. The van der Waals surface area contributed by atoms with E-state index >= 15 is 0 Å². The van der Waals surface area contributed by atoms with Crippen molar-refractivity contribution in [3.63, 3.8) is 0 Å². The minimum absolute atomic E-state index is 0.00229. The Labute approximate surface area is 207 Å². The van der Waals surface area contributed by atoms with Crippen molar-refractivity contribution in [1.29, 1.82) is 0 Å². The van der Waals surface area contributed by atoms with E-state index in [1.807, 2.05) is 35.4 Å². The van der Waals surface area contributed by atoms with Crippen molar-refractivity contribution in [3.8, 4) is 11.5 Å². The fourth-order valence-corrected chi connectivity index (χ4v) is 5.58. The molecule has 0 N–H and O–H groups in total. The van der Waals surface area contributed by atoms with Gasteiger partial charge in [0.25, 0.3) is 5.91 Å². The van der Waals surface area contributed by atoms with Crippen LogP contribution in [0, 0.1) is 6.92 Å². The van der Waals surface area contributed by atoms with Gasteiger partial charge in [-0.2, -0.15) is 0 Å². The van der Waals surface area contributed by atoms with Crippen LogP contribution in [-0.2, 0) is 6.42 Å². The molecule has 0 spiro atoms. The molecule has 8 heteroatoms. The molecule has 3 heterocycles. The standard InChI is InChI=1S/C26H25ClN4O2S/c1-16(11-18-7-4-3-5-8-18)23-29-30-24(33-23)19-12-20(14-21(27)13-19)26(32)31-10-6-9-22(31)25-28-17(2)15-34-25/h3-5,7-8,12-16,22H,6,9-11H2,1-2H3/t16-,22+/m0/s1. The summed E-state index contributed by atoms with van der Waals surface area (Å²) < 4.78 is 6.00. The Bertz CT molecular complexity index is 1300. The molecule has 1 aliphatic heterocycles. The van der Waals surface area contributed by atoms with Crippen molar-refractivity contribution in [3.05, 3.63) is 86.7 Å². The van der Waals surface area contributed by atoms with Gasteiger partial charge < -0.3 is 9.32 Å². The summed E-state index contributed by atoms with van der Waals surface area (Å²) in [4.78, 5) is 20.0. The summed E-state index contributed by atoms with van der Waals surface area (Å²) in [5.74, 6) is 0.928. The van der Waals surface area contributed by atoms with Crippen LogP contribution >= 0.6 is 22.9 Å². The fraction of sp³-hybridized carbons (Fsp3) is 0.308. The third-order valence-electron chi connectivity index (χ3n) is 6.07. The maximum absolute atomic E-state index is 13.5. The number of halogens is 1. The monoisotopic (exact) mass is 492 g/mol. The highest BCUT2D eigenvalue weighted by atomic mass is 35.5. The van der Waals surface area contributed by atoms with Crippen LogP contribution in [0.1, 0.15) is 64.2 Å². The minimum Gasteiger partial charge on any atom is -0.420 e. The van der Waals surface area contributed by atoms with Gasteiger partial charge in [0.05, 0.1) is 6.04 Å². The largest absolute Gasteiger partial charge is 0.420 e. The van der Waals surface area contributed by atoms with Crippen molar-refractivity contribution in [2.24, 2.45) is 0 Å². The van der Waals surface area contributed by atoms with Crippen LogP contribution in [0.15, 0.2) is 58.3 Å². The second-order valence-electron chi connectivity index (χ2n) is 8.75. The molecule has 0 aliphatic carbocycles. The molecule has 1 amide bonds. The fourth-order valence-electron chi connectivity index (χ4n) is 4.40. The highest BCUT2D eigenvalue weighted by Gasteiger charge is 2.33. The zero-order valence-electron chi connectivity index (χ0n) is 19.1. The van der Waals surface area contributed by atoms with Crippen molar-refractivity contribution in [1.82, 2.24) is 20.1 Å². The smallest absolute Gasteiger partial charge is 0.254 e. The minimum atomic E-state index is -0.0590. The number of aryl methyl sites for hydroxylation is 1. The molecule has 1 fully saturated rings. The molecule has 5 rings (SSSR count). The molecule has 2 aromatic heterocycles. The first-order valence-corrected chi connectivity index (χ1v) is 12.6. The number of thiazole rings is 1. The van der Waals surface area contributed by atoms with Crippen molar-refractivity contribution in [2.75, 3.05) is 6.54 Å². The number of benzene rings is 2. The van der Waals surface area contributed by atoms with Crippen LogP contribution in [0.4, 0.5) is 0 Å². The Hall–Kier alpha value is -3.03. The normalized spacial score (nSPS) is 16.7. The predicted molar refractivity (Wildman–Crippen MR) is 133 cm³/mol. The van der Waals surface area contributed by atoms with Gasteiger partial charge in [-0.3, -0.25) is 4.79 Å². The summed E-state index contributed by atoms with van der Waals surface area (Å²) >= 11 is 8.02. The number of rotatable bonds is 6. The molecule has 6 nitrogen and oxygen atoms in total. The molecule has 1 saturated heterocycles. The number of carbonyl (C=O) groups excluding carboxylic acids is 1. The summed E-state index contributed by atoms with van der Waals surface area (Å²) in [6.45, 7) is 4.74. The molecular weight excluding hydrogens is 468 g/mol. The van der Waals surface area contributed by atoms with E-state index in [4.69, 9.17) is 16.0 Å². The van der Waals surface area contributed by atoms with E-state index in [0.29, 0.717) is 34.5 Å². The number of aromatic nitrogens is 3. The Kier molecular flexibility index (Phi) is 6.48. The number of hydrogen-bond donors (Lipinski definition) is 0. The molecule has 1 aliphatic rings. The predicted octanol–water partition coefficient (Wildman–Crippen LogP) is 6.48. The zero-order chi connectivity index (χ0) is 23.7. The first-order chi connectivity index (χ1) is 16.5. The van der Waals surface area contributed by atoms with Gasteiger partial charge >= 0.3 is 0 Å². The van der Waals surface area contributed by atoms with Crippen LogP contribution in [0.3, 0.4) is 0 Å². The molecule has 2 aromatic carbocycles. The van der Waals surface area contributed by atoms with E-state index in [-0.39, 0.29) is 17.9 Å². The van der Waals surface area contributed by atoms with Crippen LogP contribution < -0.4 is 0 Å². The van der Waals surface area contributed by atoms with Gasteiger partial charge in [-0.15, -0.1) is 21.5 Å². The highest BCUT2D eigenvalue weighted by molar-refractivity contribution is 7.09. The second kappa shape index (κ2) is 9.68. The summed E-state index contributed by atoms with van der Waals surface area (Å²) in [7, 11) is 0. The number of likely N-dealkylation sites (tertiary alicyclic amines) is 1. The van der Waals surface area contributed by atoms with E-state index in [9.17, 15) is 4.79 Å². The lowest BCUT2D eigenvalue weighted by Crippen LogP contribution is -2.30. The van der Waals surface area contributed by atoms with Crippen LogP contribution in [-0.4, -0.2) is 32.5 Å². The van der Waals surface area contributed by atoms with Gasteiger partial charge in [-0.1, -0.05) is 48.9 Å². The lowest BCUT2D eigenvalue weighted by atomic mass is 10.0. The topological polar surface area (TPSA) is 72.1 Å². The van der Waals surface area contributed by atoms with Crippen molar-refractivity contribution < 1.29 is 9.21 Å². The maximum Gasteiger partial charge on any atom is 0.254 e. The first-order valence-electron chi connectivity index (χ1n) is 11.4. The van der Waals surface area contributed by atoms with E-state index in [1.165, 1.54) is 5.56 Å². The van der Waals surface area contributed by atoms with E-state index < -0.39 is 0 Å². The summed E-state index contributed by atoms with van der Waals surface area (Å²) in [5.41, 5.74) is 3.35. The highest BCUT2D eigenvalue weighted by Crippen LogP contribution is 2.36. The summed E-state index contributed by atoms with van der Waals surface area (Å²) in [6, 6.07) is 15.5. The first kappa shape index (κ1) is 22.7. The molecule has 174 valence electrons. The average molecular weight is 493 g/mol. The zero-order valence-corrected chi connectivity index (χ0v) is 20.6. The van der Waals surface area contributed by atoms with Crippen LogP contribution in [0.25, 0.3) is 11.5 Å². The van der Waals surface area contributed by atoms with Crippen molar-refractivity contribution in [2.45, 2.75) is 45.1 Å².